The van der Waals surface area contributed by atoms with E-state index in [1.807, 2.05) is 26.0 Å². The molecular weight excluding hydrogens is 406 g/mol. The fourth-order valence-corrected chi connectivity index (χ4v) is 3.08. The van der Waals surface area contributed by atoms with E-state index in [0.717, 1.165) is 29.5 Å². The highest BCUT2D eigenvalue weighted by molar-refractivity contribution is 7.59. The third-order valence-electron chi connectivity index (χ3n) is 4.63. The fraction of sp³-hybridized carbons (Fsp3) is 0.556. The van der Waals surface area contributed by atoms with Crippen molar-refractivity contribution in [3.05, 3.63) is 40.5 Å². The average molecular weight is 440 g/mol. The van der Waals surface area contributed by atoms with E-state index in [1.54, 1.807) is 6.08 Å². The number of benzene rings is 1. The summed E-state index contributed by atoms with van der Waals surface area (Å²) in [6.45, 7) is 4.01. The SMILES string of the molecule is CCc1cc(CN[C@H]2C=C(CO)[C@@H](O)C(O)[C@H]2O)cc(CC)c1O.S.S.S. The molecule has 1 aromatic carbocycles. The Balaban J connectivity index is 0. The van der Waals surface area contributed by atoms with E-state index in [2.05, 4.69) is 5.32 Å². The number of hydrogen-bond donors (Lipinski definition) is 6. The predicted octanol–water partition coefficient (Wildman–Crippen LogP) is 0.329. The Morgan fingerprint density at radius 1 is 0.926 bits per heavy atom. The quantitative estimate of drug-likeness (QED) is 0.356. The van der Waals surface area contributed by atoms with Gasteiger partial charge in [0.05, 0.1) is 12.6 Å². The molecule has 1 aromatic rings. The van der Waals surface area contributed by atoms with Gasteiger partial charge >= 0.3 is 0 Å². The van der Waals surface area contributed by atoms with Crippen LogP contribution >= 0.6 is 40.5 Å². The maximum absolute atomic E-state index is 10.1. The zero-order chi connectivity index (χ0) is 17.9. The van der Waals surface area contributed by atoms with Crippen molar-refractivity contribution in [2.45, 2.75) is 57.6 Å². The number of rotatable bonds is 6. The Labute approximate surface area is 181 Å². The Hall–Kier alpha value is -0.390. The summed E-state index contributed by atoms with van der Waals surface area (Å²) in [5.41, 5.74) is 3.00. The van der Waals surface area contributed by atoms with Crippen LogP contribution in [0.4, 0.5) is 0 Å². The number of phenolic OH excluding ortho intramolecular Hbond substituents is 1. The molecule has 0 saturated carbocycles. The first kappa shape index (κ1) is 28.8. The lowest BCUT2D eigenvalue weighted by Crippen LogP contribution is -2.53. The molecule has 0 aromatic heterocycles. The van der Waals surface area contributed by atoms with Gasteiger partial charge in [-0.05, 0) is 35.1 Å². The normalized spacial score (nSPS) is 24.1. The number of aromatic hydroxyl groups is 1. The van der Waals surface area contributed by atoms with Gasteiger partial charge < -0.3 is 30.8 Å². The van der Waals surface area contributed by atoms with Crippen molar-refractivity contribution < 1.29 is 25.5 Å². The molecule has 0 fully saturated rings. The van der Waals surface area contributed by atoms with Gasteiger partial charge in [0.2, 0.25) is 0 Å². The molecule has 2 rings (SSSR count). The summed E-state index contributed by atoms with van der Waals surface area (Å²) < 4.78 is 0. The first-order chi connectivity index (χ1) is 11.4. The molecule has 9 heteroatoms. The summed E-state index contributed by atoms with van der Waals surface area (Å²) in [4.78, 5) is 0. The third-order valence-corrected chi connectivity index (χ3v) is 4.63. The number of hydrogen-bond acceptors (Lipinski definition) is 6. The summed E-state index contributed by atoms with van der Waals surface area (Å²) in [7, 11) is 0. The standard InChI is InChI=1S/C18H27NO5.3H2S/c1-3-11-5-10(6-12(4-2)15(11)21)8-19-14-7-13(9-20)16(22)18(24)17(14)23;;;/h5-7,14,16-24H,3-4,8-9H2,1-2H3;3*1H2/t14-,16+,17-,18?;;;/m0.../s1. The van der Waals surface area contributed by atoms with Crippen molar-refractivity contribution in [3.63, 3.8) is 0 Å². The van der Waals surface area contributed by atoms with Gasteiger partial charge in [-0.25, -0.2) is 0 Å². The maximum Gasteiger partial charge on any atom is 0.121 e. The van der Waals surface area contributed by atoms with E-state index >= 15 is 0 Å². The van der Waals surface area contributed by atoms with Crippen LogP contribution in [0.5, 0.6) is 5.75 Å². The molecule has 6 N–H and O–H groups in total. The van der Waals surface area contributed by atoms with Crippen LogP contribution in [-0.4, -0.2) is 56.5 Å². The van der Waals surface area contributed by atoms with Crippen LogP contribution < -0.4 is 5.32 Å². The lowest BCUT2D eigenvalue weighted by molar-refractivity contribution is -0.0643. The molecule has 27 heavy (non-hydrogen) atoms. The van der Waals surface area contributed by atoms with Gasteiger partial charge in [0.15, 0.2) is 0 Å². The Bertz CT molecular complexity index is 590. The smallest absolute Gasteiger partial charge is 0.121 e. The zero-order valence-corrected chi connectivity index (χ0v) is 18.6. The highest BCUT2D eigenvalue weighted by atomic mass is 32.1. The summed E-state index contributed by atoms with van der Waals surface area (Å²) in [6.07, 6.45) is -0.758. The molecule has 0 radical (unpaired) electrons. The minimum atomic E-state index is -1.34. The van der Waals surface area contributed by atoms with E-state index in [4.69, 9.17) is 0 Å². The number of aryl methyl sites for hydroxylation is 2. The molecule has 1 unspecified atom stereocenters. The topological polar surface area (TPSA) is 113 Å². The van der Waals surface area contributed by atoms with Crippen LogP contribution in [0.2, 0.25) is 0 Å². The molecule has 4 atom stereocenters. The summed E-state index contributed by atoms with van der Waals surface area (Å²) in [5.74, 6) is 0.336. The minimum Gasteiger partial charge on any atom is -0.507 e. The Morgan fingerprint density at radius 2 is 1.44 bits per heavy atom. The number of nitrogens with one attached hydrogen (secondary N) is 1. The highest BCUT2D eigenvalue weighted by Gasteiger charge is 2.36. The molecule has 0 aliphatic heterocycles. The van der Waals surface area contributed by atoms with Crippen LogP contribution in [0, 0.1) is 0 Å². The molecule has 158 valence electrons. The van der Waals surface area contributed by atoms with E-state index in [-0.39, 0.29) is 47.1 Å². The van der Waals surface area contributed by atoms with Gasteiger partial charge in [-0.1, -0.05) is 32.1 Å². The molecule has 0 amide bonds. The van der Waals surface area contributed by atoms with Crippen molar-refractivity contribution in [2.75, 3.05) is 6.61 Å². The first-order valence-corrected chi connectivity index (χ1v) is 8.35. The molecule has 0 heterocycles. The second-order valence-corrected chi connectivity index (χ2v) is 6.20. The third kappa shape index (κ3) is 6.57. The Kier molecular flexibility index (Phi) is 13.8. The van der Waals surface area contributed by atoms with Gasteiger partial charge in [-0.15, -0.1) is 0 Å². The van der Waals surface area contributed by atoms with Gasteiger partial charge in [-0.3, -0.25) is 0 Å². The van der Waals surface area contributed by atoms with Crippen LogP contribution in [0.15, 0.2) is 23.8 Å². The van der Waals surface area contributed by atoms with Crippen LogP contribution in [-0.2, 0) is 19.4 Å². The molecule has 1 aliphatic rings. The van der Waals surface area contributed by atoms with E-state index in [1.165, 1.54) is 0 Å². The van der Waals surface area contributed by atoms with E-state index in [0.29, 0.717) is 17.9 Å². The number of phenols is 1. The average Bonchev–Trinajstić information content (AvgIpc) is 2.60. The second kappa shape index (κ2) is 12.9. The molecule has 6 nitrogen and oxygen atoms in total. The number of aliphatic hydroxyl groups excluding tert-OH is 4. The van der Waals surface area contributed by atoms with Crippen molar-refractivity contribution in [1.29, 1.82) is 0 Å². The van der Waals surface area contributed by atoms with Crippen molar-refractivity contribution in [3.8, 4) is 5.75 Å². The van der Waals surface area contributed by atoms with Crippen LogP contribution in [0.3, 0.4) is 0 Å². The zero-order valence-electron chi connectivity index (χ0n) is 15.6. The van der Waals surface area contributed by atoms with Gasteiger partial charge in [0, 0.05) is 6.54 Å². The van der Waals surface area contributed by atoms with Gasteiger partial charge in [0.25, 0.3) is 0 Å². The monoisotopic (exact) mass is 439 g/mol. The van der Waals surface area contributed by atoms with Gasteiger partial charge in [-0.2, -0.15) is 40.5 Å². The van der Waals surface area contributed by atoms with Crippen LogP contribution in [0.25, 0.3) is 0 Å². The van der Waals surface area contributed by atoms with Crippen molar-refractivity contribution in [2.24, 2.45) is 0 Å². The van der Waals surface area contributed by atoms with Crippen LogP contribution in [0.1, 0.15) is 30.5 Å². The second-order valence-electron chi connectivity index (χ2n) is 6.20. The first-order valence-electron chi connectivity index (χ1n) is 8.35. The summed E-state index contributed by atoms with van der Waals surface area (Å²) >= 11 is 0. The molecule has 0 saturated heterocycles. The molecule has 0 spiro atoms. The van der Waals surface area contributed by atoms with E-state index < -0.39 is 24.4 Å². The van der Waals surface area contributed by atoms with Crippen molar-refractivity contribution in [1.82, 2.24) is 5.32 Å². The summed E-state index contributed by atoms with van der Waals surface area (Å²) in [5, 5.41) is 52.3. The lowest BCUT2D eigenvalue weighted by Gasteiger charge is -2.34. The molecular formula is C18H33NO5S3. The minimum absolute atomic E-state index is 0. The lowest BCUT2D eigenvalue weighted by atomic mass is 9.88. The molecule has 0 bridgehead atoms. The van der Waals surface area contributed by atoms with Gasteiger partial charge in [0.1, 0.15) is 24.1 Å². The highest BCUT2D eigenvalue weighted by Crippen LogP contribution is 2.26. The number of aliphatic hydroxyl groups is 4. The summed E-state index contributed by atoms with van der Waals surface area (Å²) in [6, 6.07) is 3.26. The van der Waals surface area contributed by atoms with E-state index in [9.17, 15) is 25.5 Å². The molecule has 1 aliphatic carbocycles. The fourth-order valence-electron chi connectivity index (χ4n) is 3.08. The predicted molar refractivity (Wildman–Crippen MR) is 122 cm³/mol. The van der Waals surface area contributed by atoms with Crippen molar-refractivity contribution >= 4 is 40.5 Å². The Morgan fingerprint density at radius 3 is 1.89 bits per heavy atom. The largest absolute Gasteiger partial charge is 0.507 e. The maximum atomic E-state index is 10.1.